The van der Waals surface area contributed by atoms with Gasteiger partial charge in [-0.05, 0) is 48.7 Å². The van der Waals surface area contributed by atoms with Crippen molar-refractivity contribution in [3.05, 3.63) is 59.1 Å². The SMILES string of the molecule is CNC(=O)Nc1cccc(NC(=O)C2(c3ccc(Cl)cc3)CC2)c1. The molecule has 1 fully saturated rings. The Kier molecular flexibility index (Phi) is 4.44. The Balaban J connectivity index is 1.74. The van der Waals surface area contributed by atoms with Crippen LogP contribution in [0, 0.1) is 0 Å². The number of nitrogens with one attached hydrogen (secondary N) is 3. The van der Waals surface area contributed by atoms with Crippen LogP contribution in [0.2, 0.25) is 5.02 Å². The third-order valence-electron chi connectivity index (χ3n) is 4.19. The zero-order valence-corrected chi connectivity index (χ0v) is 14.0. The fourth-order valence-electron chi connectivity index (χ4n) is 2.66. The van der Waals surface area contributed by atoms with Crippen LogP contribution in [-0.2, 0) is 10.2 Å². The summed E-state index contributed by atoms with van der Waals surface area (Å²) in [5, 5.41) is 8.77. The number of rotatable bonds is 4. The molecule has 3 rings (SSSR count). The van der Waals surface area contributed by atoms with Crippen LogP contribution < -0.4 is 16.0 Å². The number of carbonyl (C=O) groups is 2. The molecule has 124 valence electrons. The first-order chi connectivity index (χ1) is 11.5. The molecule has 0 aliphatic heterocycles. The summed E-state index contributed by atoms with van der Waals surface area (Å²) < 4.78 is 0. The fraction of sp³-hybridized carbons (Fsp3) is 0.222. The molecule has 6 heteroatoms. The molecule has 1 saturated carbocycles. The minimum absolute atomic E-state index is 0.0399. The zero-order chi connectivity index (χ0) is 17.2. The van der Waals surface area contributed by atoms with Gasteiger partial charge >= 0.3 is 6.03 Å². The lowest BCUT2D eigenvalue weighted by atomic mass is 9.95. The van der Waals surface area contributed by atoms with Crippen LogP contribution >= 0.6 is 11.6 Å². The molecule has 0 heterocycles. The molecule has 5 nitrogen and oxygen atoms in total. The van der Waals surface area contributed by atoms with Crippen molar-refractivity contribution in [2.45, 2.75) is 18.3 Å². The highest BCUT2D eigenvalue weighted by Crippen LogP contribution is 2.49. The summed E-state index contributed by atoms with van der Waals surface area (Å²) in [6, 6.07) is 14.2. The lowest BCUT2D eigenvalue weighted by molar-refractivity contribution is -0.118. The molecule has 2 aromatic rings. The first kappa shape index (κ1) is 16.3. The summed E-state index contributed by atoms with van der Waals surface area (Å²) in [5.74, 6) is -0.0399. The lowest BCUT2D eigenvalue weighted by Gasteiger charge is -2.16. The molecule has 1 aliphatic rings. The molecule has 1 aliphatic carbocycles. The normalized spacial score (nSPS) is 14.6. The van der Waals surface area contributed by atoms with Crippen molar-refractivity contribution < 1.29 is 9.59 Å². The van der Waals surface area contributed by atoms with Gasteiger partial charge in [-0.3, -0.25) is 4.79 Å². The Bertz CT molecular complexity index is 770. The molecule has 0 unspecified atom stereocenters. The van der Waals surface area contributed by atoms with Crippen LogP contribution in [0.4, 0.5) is 16.2 Å². The van der Waals surface area contributed by atoms with Crippen LogP contribution in [0.5, 0.6) is 0 Å². The second-order valence-electron chi connectivity index (χ2n) is 5.83. The minimum atomic E-state index is -0.477. The third kappa shape index (κ3) is 3.36. The van der Waals surface area contributed by atoms with Gasteiger partial charge in [-0.15, -0.1) is 0 Å². The largest absolute Gasteiger partial charge is 0.341 e. The predicted molar refractivity (Wildman–Crippen MR) is 95.5 cm³/mol. The van der Waals surface area contributed by atoms with Crippen molar-refractivity contribution in [1.82, 2.24) is 5.32 Å². The summed E-state index contributed by atoms with van der Waals surface area (Å²) in [6.45, 7) is 0. The van der Waals surface area contributed by atoms with E-state index in [0.717, 1.165) is 18.4 Å². The van der Waals surface area contributed by atoms with E-state index in [-0.39, 0.29) is 11.9 Å². The van der Waals surface area contributed by atoms with Gasteiger partial charge < -0.3 is 16.0 Å². The van der Waals surface area contributed by atoms with Gasteiger partial charge in [0, 0.05) is 23.4 Å². The van der Waals surface area contributed by atoms with E-state index in [1.165, 1.54) is 0 Å². The highest BCUT2D eigenvalue weighted by molar-refractivity contribution is 6.30. The smallest absolute Gasteiger partial charge is 0.318 e. The zero-order valence-electron chi connectivity index (χ0n) is 13.2. The summed E-state index contributed by atoms with van der Waals surface area (Å²) in [7, 11) is 1.55. The maximum atomic E-state index is 12.7. The van der Waals surface area contributed by atoms with Crippen LogP contribution in [0.15, 0.2) is 48.5 Å². The van der Waals surface area contributed by atoms with Crippen molar-refractivity contribution in [3.8, 4) is 0 Å². The van der Waals surface area contributed by atoms with Crippen molar-refractivity contribution in [3.63, 3.8) is 0 Å². The predicted octanol–water partition coefficient (Wildman–Crippen LogP) is 3.76. The van der Waals surface area contributed by atoms with E-state index in [4.69, 9.17) is 11.6 Å². The van der Waals surface area contributed by atoms with Crippen LogP contribution in [-0.4, -0.2) is 19.0 Å². The van der Waals surface area contributed by atoms with Gasteiger partial charge in [0.25, 0.3) is 0 Å². The van der Waals surface area contributed by atoms with Gasteiger partial charge in [0.15, 0.2) is 0 Å². The molecule has 0 saturated heterocycles. The lowest BCUT2D eigenvalue weighted by Crippen LogP contribution is -2.28. The van der Waals surface area contributed by atoms with E-state index in [1.807, 2.05) is 12.1 Å². The van der Waals surface area contributed by atoms with E-state index in [1.54, 1.807) is 43.4 Å². The Hall–Kier alpha value is -2.53. The molecule has 0 atom stereocenters. The monoisotopic (exact) mass is 343 g/mol. The van der Waals surface area contributed by atoms with Crippen molar-refractivity contribution in [2.75, 3.05) is 17.7 Å². The van der Waals surface area contributed by atoms with Gasteiger partial charge in [0.2, 0.25) is 5.91 Å². The maximum Gasteiger partial charge on any atom is 0.318 e. The minimum Gasteiger partial charge on any atom is -0.341 e. The standard InChI is InChI=1S/C18H18ClN3O2/c1-20-17(24)22-15-4-2-3-14(11-15)21-16(23)18(9-10-18)12-5-7-13(19)8-6-12/h2-8,11H,9-10H2,1H3,(H,21,23)(H2,20,22,24). The van der Waals surface area contributed by atoms with Crippen molar-refractivity contribution >= 4 is 34.9 Å². The topological polar surface area (TPSA) is 70.2 Å². The highest BCUT2D eigenvalue weighted by Gasteiger charge is 2.51. The summed E-state index contributed by atoms with van der Waals surface area (Å²) in [4.78, 5) is 24.1. The number of urea groups is 1. The quantitative estimate of drug-likeness (QED) is 0.791. The molecule has 0 radical (unpaired) electrons. The number of benzene rings is 2. The number of hydrogen-bond donors (Lipinski definition) is 3. The molecule has 3 amide bonds. The summed E-state index contributed by atoms with van der Waals surface area (Å²) in [5.41, 5.74) is 1.76. The van der Waals surface area contributed by atoms with Gasteiger partial charge in [-0.1, -0.05) is 29.8 Å². The molecule has 24 heavy (non-hydrogen) atoms. The molecular weight excluding hydrogens is 326 g/mol. The molecule has 0 aromatic heterocycles. The van der Waals surface area contributed by atoms with E-state index in [9.17, 15) is 9.59 Å². The average Bonchev–Trinajstić information content (AvgIpc) is 3.37. The Morgan fingerprint density at radius 2 is 1.62 bits per heavy atom. The molecule has 0 bridgehead atoms. The number of anilines is 2. The van der Waals surface area contributed by atoms with Crippen LogP contribution in [0.3, 0.4) is 0 Å². The first-order valence-corrected chi connectivity index (χ1v) is 8.08. The van der Waals surface area contributed by atoms with Gasteiger partial charge in [-0.2, -0.15) is 0 Å². The summed E-state index contributed by atoms with van der Waals surface area (Å²) >= 11 is 5.92. The Morgan fingerprint density at radius 3 is 2.21 bits per heavy atom. The summed E-state index contributed by atoms with van der Waals surface area (Å²) in [6.07, 6.45) is 1.63. The van der Waals surface area contributed by atoms with Gasteiger partial charge in [0.05, 0.1) is 5.41 Å². The van der Waals surface area contributed by atoms with E-state index < -0.39 is 5.41 Å². The fourth-order valence-corrected chi connectivity index (χ4v) is 2.79. The molecule has 0 spiro atoms. The van der Waals surface area contributed by atoms with Crippen LogP contribution in [0.1, 0.15) is 18.4 Å². The second kappa shape index (κ2) is 6.53. The number of hydrogen-bond acceptors (Lipinski definition) is 2. The average molecular weight is 344 g/mol. The van der Waals surface area contributed by atoms with Crippen molar-refractivity contribution in [1.29, 1.82) is 0 Å². The number of amides is 3. The molecular formula is C18H18ClN3O2. The van der Waals surface area contributed by atoms with Crippen LogP contribution in [0.25, 0.3) is 0 Å². The first-order valence-electron chi connectivity index (χ1n) is 7.70. The number of halogens is 1. The number of carbonyl (C=O) groups excluding carboxylic acids is 2. The molecule has 3 N–H and O–H groups in total. The second-order valence-corrected chi connectivity index (χ2v) is 6.26. The molecule has 2 aromatic carbocycles. The van der Waals surface area contributed by atoms with Gasteiger partial charge in [0.1, 0.15) is 0 Å². The van der Waals surface area contributed by atoms with E-state index in [0.29, 0.717) is 16.4 Å². The Labute approximate surface area is 145 Å². The van der Waals surface area contributed by atoms with E-state index >= 15 is 0 Å². The van der Waals surface area contributed by atoms with Gasteiger partial charge in [-0.25, -0.2) is 4.79 Å². The highest BCUT2D eigenvalue weighted by atomic mass is 35.5. The third-order valence-corrected chi connectivity index (χ3v) is 4.44. The van der Waals surface area contributed by atoms with Crippen molar-refractivity contribution in [2.24, 2.45) is 0 Å². The maximum absolute atomic E-state index is 12.7. The Morgan fingerprint density at radius 1 is 1.00 bits per heavy atom. The van der Waals surface area contributed by atoms with E-state index in [2.05, 4.69) is 16.0 Å².